The number of aryl methyl sites for hydroxylation is 2. The lowest BCUT2D eigenvalue weighted by Gasteiger charge is -2.17. The molecule has 1 aromatic rings. The van der Waals surface area contributed by atoms with Gasteiger partial charge in [0.25, 0.3) is 0 Å². The molecule has 0 aliphatic rings. The minimum Gasteiger partial charge on any atom is -0.481 e. The Hall–Kier alpha value is -0.830. The topological polar surface area (TPSA) is 37.3 Å². The number of aliphatic carboxylic acids is 1. The van der Waals surface area contributed by atoms with Gasteiger partial charge in [-0.2, -0.15) is 0 Å². The average molecular weight is 212 g/mol. The van der Waals surface area contributed by atoms with Gasteiger partial charge in [0, 0.05) is 4.88 Å². The zero-order valence-corrected chi connectivity index (χ0v) is 9.81. The smallest absolute Gasteiger partial charge is 0.311 e. The number of carboxylic acid groups (broad SMARTS) is 1. The Morgan fingerprint density at radius 1 is 1.43 bits per heavy atom. The first-order valence-electron chi connectivity index (χ1n) is 4.72. The maximum atomic E-state index is 11.1. The van der Waals surface area contributed by atoms with Crippen LogP contribution in [0, 0.1) is 19.8 Å². The van der Waals surface area contributed by atoms with E-state index in [2.05, 4.69) is 0 Å². The molecule has 2 nitrogen and oxygen atoms in total. The summed E-state index contributed by atoms with van der Waals surface area (Å²) in [5.41, 5.74) is 2.12. The van der Waals surface area contributed by atoms with Crippen LogP contribution < -0.4 is 0 Å². The highest BCUT2D eigenvalue weighted by atomic mass is 32.1. The quantitative estimate of drug-likeness (QED) is 0.835. The number of hydrogen-bond acceptors (Lipinski definition) is 2. The molecule has 1 rings (SSSR count). The molecule has 1 aromatic heterocycles. The zero-order valence-electron chi connectivity index (χ0n) is 9.00. The summed E-state index contributed by atoms with van der Waals surface area (Å²) < 4.78 is 0. The fourth-order valence-electron chi connectivity index (χ4n) is 1.79. The van der Waals surface area contributed by atoms with E-state index in [0.29, 0.717) is 0 Å². The van der Waals surface area contributed by atoms with Crippen molar-refractivity contribution in [2.75, 3.05) is 0 Å². The van der Waals surface area contributed by atoms with E-state index in [1.807, 2.05) is 33.1 Å². The number of carboxylic acids is 1. The Morgan fingerprint density at radius 2 is 2.00 bits per heavy atom. The van der Waals surface area contributed by atoms with Crippen molar-refractivity contribution in [1.82, 2.24) is 0 Å². The molecular formula is C11H16O2S. The molecule has 1 unspecified atom stereocenters. The minimum absolute atomic E-state index is 0.138. The molecule has 0 aliphatic heterocycles. The van der Waals surface area contributed by atoms with Crippen LogP contribution in [0.3, 0.4) is 0 Å². The number of thiophene rings is 1. The molecule has 78 valence electrons. The summed E-state index contributed by atoms with van der Waals surface area (Å²) in [4.78, 5) is 12.3. The molecule has 1 heterocycles. The summed E-state index contributed by atoms with van der Waals surface area (Å²) in [5, 5.41) is 11.2. The summed E-state index contributed by atoms with van der Waals surface area (Å²) in [6.45, 7) is 7.88. The van der Waals surface area contributed by atoms with Gasteiger partial charge in [-0.15, -0.1) is 11.3 Å². The molecule has 0 spiro atoms. The van der Waals surface area contributed by atoms with Crippen LogP contribution in [-0.2, 0) is 4.79 Å². The van der Waals surface area contributed by atoms with Crippen LogP contribution in [-0.4, -0.2) is 11.1 Å². The fraction of sp³-hybridized carbons (Fsp3) is 0.545. The molecule has 0 bridgehead atoms. The van der Waals surface area contributed by atoms with Crippen LogP contribution in [0.4, 0.5) is 0 Å². The summed E-state index contributed by atoms with van der Waals surface area (Å²) in [6.07, 6.45) is 0. The minimum atomic E-state index is -0.718. The summed E-state index contributed by atoms with van der Waals surface area (Å²) >= 11 is 1.63. The maximum Gasteiger partial charge on any atom is 0.311 e. The Labute approximate surface area is 88.6 Å². The van der Waals surface area contributed by atoms with Gasteiger partial charge < -0.3 is 5.11 Å². The average Bonchev–Trinajstić information content (AvgIpc) is 2.34. The van der Waals surface area contributed by atoms with Gasteiger partial charge >= 0.3 is 5.97 Å². The summed E-state index contributed by atoms with van der Waals surface area (Å²) in [5.74, 6) is -0.939. The largest absolute Gasteiger partial charge is 0.481 e. The first kappa shape index (κ1) is 11.2. The van der Waals surface area contributed by atoms with Gasteiger partial charge in [0.15, 0.2) is 0 Å². The van der Waals surface area contributed by atoms with Gasteiger partial charge in [-0.05, 0) is 36.3 Å². The standard InChI is InChI=1S/C11H16O2S/c1-6(2)9(11(12)13)10-7(3)5-14-8(10)4/h5-6,9H,1-4H3,(H,12,13). The van der Waals surface area contributed by atoms with Crippen molar-refractivity contribution in [3.8, 4) is 0 Å². The fourth-order valence-corrected chi connectivity index (χ4v) is 2.68. The van der Waals surface area contributed by atoms with Crippen molar-refractivity contribution in [3.63, 3.8) is 0 Å². The van der Waals surface area contributed by atoms with Crippen LogP contribution in [0.25, 0.3) is 0 Å². The second kappa shape index (κ2) is 4.13. The van der Waals surface area contributed by atoms with E-state index in [1.54, 1.807) is 11.3 Å². The second-order valence-electron chi connectivity index (χ2n) is 3.95. The molecule has 0 saturated carbocycles. The van der Waals surface area contributed by atoms with E-state index < -0.39 is 5.97 Å². The molecule has 0 aliphatic carbocycles. The zero-order chi connectivity index (χ0) is 10.9. The molecular weight excluding hydrogens is 196 g/mol. The van der Waals surface area contributed by atoms with E-state index in [9.17, 15) is 4.79 Å². The third-order valence-corrected chi connectivity index (χ3v) is 3.51. The Morgan fingerprint density at radius 3 is 2.29 bits per heavy atom. The van der Waals surface area contributed by atoms with E-state index in [0.717, 1.165) is 16.0 Å². The van der Waals surface area contributed by atoms with Crippen molar-refractivity contribution < 1.29 is 9.90 Å². The van der Waals surface area contributed by atoms with Crippen molar-refractivity contribution in [2.45, 2.75) is 33.6 Å². The molecule has 0 aromatic carbocycles. The van der Waals surface area contributed by atoms with Crippen molar-refractivity contribution >= 4 is 17.3 Å². The van der Waals surface area contributed by atoms with Gasteiger partial charge in [-0.1, -0.05) is 13.8 Å². The highest BCUT2D eigenvalue weighted by Crippen LogP contribution is 2.33. The molecule has 0 saturated heterocycles. The van der Waals surface area contributed by atoms with Crippen molar-refractivity contribution in [3.05, 3.63) is 21.4 Å². The molecule has 0 amide bonds. The van der Waals surface area contributed by atoms with E-state index in [4.69, 9.17) is 5.11 Å². The second-order valence-corrected chi connectivity index (χ2v) is 5.03. The van der Waals surface area contributed by atoms with Crippen LogP contribution in [0.15, 0.2) is 5.38 Å². The lowest BCUT2D eigenvalue weighted by atomic mass is 9.87. The molecule has 0 fully saturated rings. The van der Waals surface area contributed by atoms with E-state index >= 15 is 0 Å². The lowest BCUT2D eigenvalue weighted by molar-refractivity contribution is -0.139. The third-order valence-electron chi connectivity index (χ3n) is 2.46. The van der Waals surface area contributed by atoms with Crippen LogP contribution in [0.1, 0.15) is 35.8 Å². The summed E-state index contributed by atoms with van der Waals surface area (Å²) in [6, 6.07) is 0. The van der Waals surface area contributed by atoms with Gasteiger partial charge in [0.1, 0.15) is 0 Å². The van der Waals surface area contributed by atoms with Crippen LogP contribution in [0.2, 0.25) is 0 Å². The molecule has 14 heavy (non-hydrogen) atoms. The van der Waals surface area contributed by atoms with Crippen LogP contribution in [0.5, 0.6) is 0 Å². The Bertz CT molecular complexity index is 320. The van der Waals surface area contributed by atoms with E-state index in [1.165, 1.54) is 0 Å². The van der Waals surface area contributed by atoms with Gasteiger partial charge in [-0.3, -0.25) is 4.79 Å². The predicted molar refractivity (Wildman–Crippen MR) is 59.0 cm³/mol. The SMILES string of the molecule is Cc1csc(C)c1C(C(=O)O)C(C)C. The molecule has 1 N–H and O–H groups in total. The highest BCUT2D eigenvalue weighted by Gasteiger charge is 2.27. The Kier molecular flexibility index (Phi) is 3.32. The summed E-state index contributed by atoms with van der Waals surface area (Å²) in [7, 11) is 0. The predicted octanol–water partition coefficient (Wildman–Crippen LogP) is 3.19. The van der Waals surface area contributed by atoms with Gasteiger partial charge in [0.2, 0.25) is 0 Å². The number of carbonyl (C=O) groups is 1. The maximum absolute atomic E-state index is 11.1. The first-order valence-corrected chi connectivity index (χ1v) is 5.60. The van der Waals surface area contributed by atoms with Gasteiger partial charge in [-0.25, -0.2) is 0 Å². The van der Waals surface area contributed by atoms with Crippen molar-refractivity contribution in [2.24, 2.45) is 5.92 Å². The lowest BCUT2D eigenvalue weighted by Crippen LogP contribution is -2.18. The van der Waals surface area contributed by atoms with Crippen molar-refractivity contribution in [1.29, 1.82) is 0 Å². The number of rotatable bonds is 3. The third kappa shape index (κ3) is 1.98. The van der Waals surface area contributed by atoms with Crippen LogP contribution >= 0.6 is 11.3 Å². The van der Waals surface area contributed by atoms with E-state index in [-0.39, 0.29) is 11.8 Å². The first-order chi connectivity index (χ1) is 6.45. The molecule has 3 heteroatoms. The molecule has 1 atom stereocenters. The van der Waals surface area contributed by atoms with Gasteiger partial charge in [0.05, 0.1) is 5.92 Å². The normalized spacial score (nSPS) is 13.2. The monoisotopic (exact) mass is 212 g/mol. The number of hydrogen-bond donors (Lipinski definition) is 1. The molecule has 0 radical (unpaired) electrons. The highest BCUT2D eigenvalue weighted by molar-refractivity contribution is 7.10. The Balaban J connectivity index is 3.17.